The molecule has 0 aliphatic heterocycles. The predicted octanol–water partition coefficient (Wildman–Crippen LogP) is 4.95. The molecule has 3 heteroatoms. The van der Waals surface area contributed by atoms with Gasteiger partial charge >= 0.3 is 0 Å². The zero-order valence-electron chi connectivity index (χ0n) is 14.7. The molecule has 2 aliphatic carbocycles. The molecule has 0 N–H and O–H groups in total. The molecular weight excluding hydrogens is 322 g/mol. The molecule has 26 heavy (non-hydrogen) atoms. The van der Waals surface area contributed by atoms with Crippen LogP contribution < -0.4 is 0 Å². The van der Waals surface area contributed by atoms with Crippen LogP contribution in [0.3, 0.4) is 0 Å². The topological polar surface area (TPSA) is 39.1 Å². The lowest BCUT2D eigenvalue weighted by atomic mass is 9.91. The first kappa shape index (κ1) is 15.3. The molecule has 1 atom stereocenters. The molecule has 0 saturated carbocycles. The Morgan fingerprint density at radius 1 is 0.923 bits per heavy atom. The fourth-order valence-corrected chi connectivity index (χ4v) is 4.54. The Labute approximate surface area is 151 Å². The summed E-state index contributed by atoms with van der Waals surface area (Å²) in [7, 11) is 0. The SMILES string of the molecule is CC(c1ccccc1)n1c2c(c3ccccc31)C(=O)C1=C2CCCC1=O. The van der Waals surface area contributed by atoms with Gasteiger partial charge in [0.25, 0.3) is 0 Å². The second-order valence-corrected chi connectivity index (χ2v) is 7.16. The highest BCUT2D eigenvalue weighted by Gasteiger charge is 2.40. The van der Waals surface area contributed by atoms with Crippen LogP contribution in [0.15, 0.2) is 60.2 Å². The molecule has 1 unspecified atom stereocenters. The monoisotopic (exact) mass is 341 g/mol. The summed E-state index contributed by atoms with van der Waals surface area (Å²) in [6.45, 7) is 2.16. The molecule has 5 rings (SSSR count). The van der Waals surface area contributed by atoms with Gasteiger partial charge in [-0.15, -0.1) is 0 Å². The lowest BCUT2D eigenvalue weighted by Gasteiger charge is -2.21. The van der Waals surface area contributed by atoms with Gasteiger partial charge in [0.1, 0.15) is 0 Å². The van der Waals surface area contributed by atoms with Gasteiger partial charge in [-0.05, 0) is 37.0 Å². The molecule has 0 bridgehead atoms. The second kappa shape index (κ2) is 5.53. The van der Waals surface area contributed by atoms with Crippen LogP contribution in [0.1, 0.15) is 53.8 Å². The maximum atomic E-state index is 13.1. The largest absolute Gasteiger partial charge is 0.333 e. The van der Waals surface area contributed by atoms with Gasteiger partial charge in [-0.25, -0.2) is 0 Å². The van der Waals surface area contributed by atoms with Crippen molar-refractivity contribution in [3.8, 4) is 0 Å². The van der Waals surface area contributed by atoms with Gasteiger partial charge < -0.3 is 4.57 Å². The molecule has 0 amide bonds. The number of Topliss-reactive ketones (excluding diaryl/α,β-unsaturated/α-hetero) is 2. The summed E-state index contributed by atoms with van der Waals surface area (Å²) < 4.78 is 2.26. The number of nitrogens with zero attached hydrogens (tertiary/aromatic N) is 1. The third-order valence-corrected chi connectivity index (χ3v) is 5.73. The molecule has 0 radical (unpaired) electrons. The van der Waals surface area contributed by atoms with Gasteiger partial charge in [0, 0.05) is 17.3 Å². The average Bonchev–Trinajstić information content (AvgIpc) is 3.16. The standard InChI is InChI=1S/C23H19NO2/c1-14(15-8-3-2-4-9-15)24-18-12-6-5-10-16(18)21-22(24)17-11-7-13-19(25)20(17)23(21)26/h2-6,8-10,12,14H,7,11,13H2,1H3. The number of hydrogen-bond acceptors (Lipinski definition) is 2. The number of benzene rings is 2. The Balaban J connectivity index is 1.85. The molecule has 1 heterocycles. The number of carbonyl (C=O) groups is 2. The number of carbonyl (C=O) groups excluding carboxylic acids is 2. The summed E-state index contributed by atoms with van der Waals surface area (Å²) in [4.78, 5) is 25.6. The van der Waals surface area contributed by atoms with E-state index in [9.17, 15) is 9.59 Å². The maximum absolute atomic E-state index is 13.1. The first-order valence-electron chi connectivity index (χ1n) is 9.17. The third kappa shape index (κ3) is 1.94. The fourth-order valence-electron chi connectivity index (χ4n) is 4.54. The Morgan fingerprint density at radius 2 is 1.65 bits per heavy atom. The zero-order chi connectivity index (χ0) is 17.8. The van der Waals surface area contributed by atoms with Crippen molar-refractivity contribution in [2.24, 2.45) is 0 Å². The van der Waals surface area contributed by atoms with Gasteiger partial charge in [-0.1, -0.05) is 48.5 Å². The first-order valence-corrected chi connectivity index (χ1v) is 9.17. The van der Waals surface area contributed by atoms with Gasteiger partial charge in [0.05, 0.1) is 22.9 Å². The fraction of sp³-hybridized carbons (Fsp3) is 0.217. The van der Waals surface area contributed by atoms with Gasteiger partial charge in [0.2, 0.25) is 0 Å². The molecule has 2 aromatic carbocycles. The van der Waals surface area contributed by atoms with E-state index in [4.69, 9.17) is 0 Å². The van der Waals surface area contributed by atoms with Crippen molar-refractivity contribution in [1.29, 1.82) is 0 Å². The summed E-state index contributed by atoms with van der Waals surface area (Å²) in [5.41, 5.74) is 5.35. The van der Waals surface area contributed by atoms with Crippen LogP contribution in [-0.2, 0) is 4.79 Å². The van der Waals surface area contributed by atoms with Crippen molar-refractivity contribution >= 4 is 28.0 Å². The minimum atomic E-state index is -0.0742. The third-order valence-electron chi connectivity index (χ3n) is 5.73. The summed E-state index contributed by atoms with van der Waals surface area (Å²) in [5, 5.41) is 0.956. The highest BCUT2D eigenvalue weighted by molar-refractivity contribution is 6.38. The second-order valence-electron chi connectivity index (χ2n) is 7.16. The normalized spacial score (nSPS) is 17.6. The molecule has 0 spiro atoms. The van der Waals surface area contributed by atoms with Crippen molar-refractivity contribution in [1.82, 2.24) is 4.57 Å². The number of fused-ring (bicyclic) bond motifs is 4. The van der Waals surface area contributed by atoms with Crippen LogP contribution >= 0.6 is 0 Å². The number of rotatable bonds is 2. The van der Waals surface area contributed by atoms with Crippen LogP contribution in [0, 0.1) is 0 Å². The van der Waals surface area contributed by atoms with Crippen molar-refractivity contribution in [2.45, 2.75) is 32.2 Å². The minimum Gasteiger partial charge on any atom is -0.333 e. The van der Waals surface area contributed by atoms with Gasteiger partial charge in [-0.2, -0.15) is 0 Å². The number of para-hydroxylation sites is 1. The van der Waals surface area contributed by atoms with Gasteiger partial charge in [-0.3, -0.25) is 9.59 Å². The van der Waals surface area contributed by atoms with E-state index < -0.39 is 0 Å². The minimum absolute atomic E-state index is 0.00967. The molecule has 0 fully saturated rings. The predicted molar refractivity (Wildman–Crippen MR) is 102 cm³/mol. The van der Waals surface area contributed by atoms with E-state index in [0.717, 1.165) is 40.6 Å². The first-order chi connectivity index (χ1) is 12.7. The van der Waals surface area contributed by atoms with E-state index in [-0.39, 0.29) is 17.6 Å². The lowest BCUT2D eigenvalue weighted by molar-refractivity contribution is -0.115. The molecule has 3 aromatic rings. The van der Waals surface area contributed by atoms with Crippen LogP contribution in [0.4, 0.5) is 0 Å². The number of hydrogen-bond donors (Lipinski definition) is 0. The van der Waals surface area contributed by atoms with Crippen molar-refractivity contribution < 1.29 is 9.59 Å². The Morgan fingerprint density at radius 3 is 2.46 bits per heavy atom. The Hall–Kier alpha value is -2.94. The molecular formula is C23H19NO2. The van der Waals surface area contributed by atoms with E-state index in [2.05, 4.69) is 29.7 Å². The highest BCUT2D eigenvalue weighted by Crippen LogP contribution is 2.46. The molecule has 3 nitrogen and oxygen atoms in total. The molecule has 2 aliphatic rings. The number of allylic oxidation sites excluding steroid dienone is 2. The molecule has 1 aromatic heterocycles. The zero-order valence-corrected chi connectivity index (χ0v) is 14.7. The lowest BCUT2D eigenvalue weighted by Crippen LogP contribution is -2.15. The van der Waals surface area contributed by atoms with Crippen molar-refractivity contribution in [3.63, 3.8) is 0 Å². The van der Waals surface area contributed by atoms with Crippen LogP contribution in [0.5, 0.6) is 0 Å². The summed E-state index contributed by atoms with van der Waals surface area (Å²) in [6.07, 6.45) is 2.12. The van der Waals surface area contributed by atoms with Crippen molar-refractivity contribution in [3.05, 3.63) is 77.0 Å². The summed E-state index contributed by atoms with van der Waals surface area (Å²) in [5.74, 6) is -0.0645. The smallest absolute Gasteiger partial charge is 0.199 e. The molecule has 0 saturated heterocycles. The number of aromatic nitrogens is 1. The van der Waals surface area contributed by atoms with E-state index >= 15 is 0 Å². The van der Waals surface area contributed by atoms with E-state index in [1.54, 1.807) is 0 Å². The quantitative estimate of drug-likeness (QED) is 0.618. The van der Waals surface area contributed by atoms with E-state index in [1.165, 1.54) is 5.56 Å². The van der Waals surface area contributed by atoms with Crippen LogP contribution in [0.2, 0.25) is 0 Å². The Bertz CT molecular complexity index is 1100. The summed E-state index contributed by atoms with van der Waals surface area (Å²) in [6, 6.07) is 18.5. The number of ketones is 2. The van der Waals surface area contributed by atoms with Crippen LogP contribution in [-0.4, -0.2) is 16.1 Å². The summed E-state index contributed by atoms with van der Waals surface area (Å²) >= 11 is 0. The average molecular weight is 341 g/mol. The molecule has 128 valence electrons. The van der Waals surface area contributed by atoms with E-state index in [1.807, 2.05) is 36.4 Å². The Kier molecular flexibility index (Phi) is 3.26. The van der Waals surface area contributed by atoms with E-state index in [0.29, 0.717) is 12.0 Å². The van der Waals surface area contributed by atoms with Crippen molar-refractivity contribution in [2.75, 3.05) is 0 Å². The van der Waals surface area contributed by atoms with Gasteiger partial charge in [0.15, 0.2) is 11.6 Å². The maximum Gasteiger partial charge on any atom is 0.199 e. The van der Waals surface area contributed by atoms with Crippen LogP contribution in [0.25, 0.3) is 16.5 Å². The highest BCUT2D eigenvalue weighted by atomic mass is 16.1.